The van der Waals surface area contributed by atoms with Crippen molar-refractivity contribution >= 4 is 27.9 Å². The van der Waals surface area contributed by atoms with Gasteiger partial charge in [0.15, 0.2) is 0 Å². The molecule has 0 unspecified atom stereocenters. The maximum Gasteiger partial charge on any atom is 0.320 e. The highest BCUT2D eigenvalue weighted by atomic mass is 79.9. The number of benzene rings is 1. The minimum atomic E-state index is -1.34. The summed E-state index contributed by atoms with van der Waals surface area (Å²) in [6.07, 6.45) is -0.333. The molecule has 0 atom stereocenters. The third-order valence-corrected chi connectivity index (χ3v) is 2.96. The van der Waals surface area contributed by atoms with Crippen LogP contribution < -0.4 is 0 Å². The van der Waals surface area contributed by atoms with Gasteiger partial charge < -0.3 is 9.47 Å². The molecule has 0 radical (unpaired) electrons. The number of carbonyl (C=O) groups excluding carboxylic acids is 2. The van der Waals surface area contributed by atoms with E-state index in [4.69, 9.17) is 9.47 Å². The molecule has 84 valence electrons. The van der Waals surface area contributed by atoms with Crippen molar-refractivity contribution in [1.29, 1.82) is 0 Å². The maximum absolute atomic E-state index is 11.2. The minimum Gasteiger partial charge on any atom is -0.418 e. The van der Waals surface area contributed by atoms with Gasteiger partial charge in [-0.2, -0.15) is 0 Å². The Kier molecular flexibility index (Phi) is 2.71. The van der Waals surface area contributed by atoms with Gasteiger partial charge in [0.1, 0.15) is 6.42 Å². The molecule has 1 saturated heterocycles. The zero-order chi connectivity index (χ0) is 11.8. The summed E-state index contributed by atoms with van der Waals surface area (Å²) in [5, 5.41) is 0. The molecule has 0 aliphatic carbocycles. The van der Waals surface area contributed by atoms with Gasteiger partial charge in [0.2, 0.25) is 0 Å². The third-order valence-electron chi connectivity index (χ3n) is 2.27. The first-order valence-electron chi connectivity index (χ1n) is 4.70. The Morgan fingerprint density at radius 1 is 1.19 bits per heavy atom. The summed E-state index contributed by atoms with van der Waals surface area (Å²) in [4.78, 5) is 22.5. The molecule has 0 saturated carbocycles. The van der Waals surface area contributed by atoms with Crippen molar-refractivity contribution in [1.82, 2.24) is 0 Å². The van der Waals surface area contributed by atoms with E-state index >= 15 is 0 Å². The Balaban J connectivity index is 2.42. The number of cyclic esters (lactones) is 2. The fourth-order valence-electron chi connectivity index (χ4n) is 1.58. The number of hydrogen-bond donors (Lipinski definition) is 0. The van der Waals surface area contributed by atoms with Crippen LogP contribution in [0.3, 0.4) is 0 Å². The molecule has 1 aliphatic rings. The fraction of sp³-hybridized carbons (Fsp3) is 0.273. The Hall–Kier alpha value is -1.36. The first kappa shape index (κ1) is 11.1. The van der Waals surface area contributed by atoms with Gasteiger partial charge in [-0.1, -0.05) is 34.1 Å². The van der Waals surface area contributed by atoms with Crippen molar-refractivity contribution < 1.29 is 19.1 Å². The minimum absolute atomic E-state index is 0.333. The molecule has 16 heavy (non-hydrogen) atoms. The second-order valence-electron chi connectivity index (χ2n) is 3.55. The van der Waals surface area contributed by atoms with Gasteiger partial charge in [-0.05, 0) is 6.07 Å². The molecule has 5 heteroatoms. The van der Waals surface area contributed by atoms with Gasteiger partial charge in [-0.3, -0.25) is 9.59 Å². The third kappa shape index (κ3) is 1.95. The van der Waals surface area contributed by atoms with E-state index in [2.05, 4.69) is 15.9 Å². The monoisotopic (exact) mass is 284 g/mol. The molecule has 2 rings (SSSR count). The van der Waals surface area contributed by atoms with Crippen molar-refractivity contribution in [3.63, 3.8) is 0 Å². The number of halogens is 1. The van der Waals surface area contributed by atoms with Crippen molar-refractivity contribution in [2.24, 2.45) is 0 Å². The number of hydrogen-bond acceptors (Lipinski definition) is 4. The van der Waals surface area contributed by atoms with Crippen molar-refractivity contribution in [2.75, 3.05) is 0 Å². The van der Waals surface area contributed by atoms with Gasteiger partial charge >= 0.3 is 11.9 Å². The van der Waals surface area contributed by atoms with E-state index in [1.807, 2.05) is 6.07 Å². The molecular weight excluding hydrogens is 276 g/mol. The van der Waals surface area contributed by atoms with E-state index in [1.54, 1.807) is 25.1 Å². The van der Waals surface area contributed by atoms with Crippen LogP contribution in [-0.2, 0) is 24.8 Å². The van der Waals surface area contributed by atoms with E-state index in [1.165, 1.54) is 0 Å². The van der Waals surface area contributed by atoms with E-state index in [9.17, 15) is 9.59 Å². The Morgan fingerprint density at radius 3 is 2.31 bits per heavy atom. The largest absolute Gasteiger partial charge is 0.418 e. The lowest BCUT2D eigenvalue weighted by atomic mass is 10.1. The molecular formula is C11H9BrO4. The smallest absolute Gasteiger partial charge is 0.320 e. The molecule has 1 heterocycles. The lowest BCUT2D eigenvalue weighted by Gasteiger charge is -2.33. The summed E-state index contributed by atoms with van der Waals surface area (Å²) < 4.78 is 10.9. The van der Waals surface area contributed by atoms with E-state index in [0.29, 0.717) is 5.56 Å². The summed E-state index contributed by atoms with van der Waals surface area (Å²) in [5.41, 5.74) is 0.608. The molecule has 0 spiro atoms. The van der Waals surface area contributed by atoms with Gasteiger partial charge in [0.05, 0.1) is 5.56 Å². The lowest BCUT2D eigenvalue weighted by Crippen LogP contribution is -2.40. The predicted octanol–water partition coefficient (Wildman–Crippen LogP) is 2.11. The van der Waals surface area contributed by atoms with Crippen molar-refractivity contribution in [3.8, 4) is 0 Å². The van der Waals surface area contributed by atoms with Crippen molar-refractivity contribution in [3.05, 3.63) is 34.3 Å². The second-order valence-corrected chi connectivity index (χ2v) is 4.40. The number of esters is 2. The molecule has 1 aliphatic heterocycles. The lowest BCUT2D eigenvalue weighted by molar-refractivity contribution is -0.243. The van der Waals surface area contributed by atoms with Gasteiger partial charge in [-0.15, -0.1) is 0 Å². The maximum atomic E-state index is 11.2. The highest BCUT2D eigenvalue weighted by molar-refractivity contribution is 9.10. The van der Waals surface area contributed by atoms with Crippen LogP contribution in [0.2, 0.25) is 0 Å². The molecule has 0 bridgehead atoms. The Labute approximate surface area is 101 Å². The van der Waals surface area contributed by atoms with Crippen LogP contribution in [-0.4, -0.2) is 11.9 Å². The summed E-state index contributed by atoms with van der Waals surface area (Å²) in [7, 11) is 0. The highest BCUT2D eigenvalue weighted by Gasteiger charge is 2.41. The number of rotatable bonds is 1. The van der Waals surface area contributed by atoms with Crippen LogP contribution in [0.15, 0.2) is 28.7 Å². The molecule has 4 nitrogen and oxygen atoms in total. The van der Waals surface area contributed by atoms with Gasteiger partial charge in [0, 0.05) is 11.4 Å². The molecule has 1 fully saturated rings. The van der Waals surface area contributed by atoms with Crippen LogP contribution in [0.5, 0.6) is 0 Å². The standard InChI is InChI=1S/C11H9BrO4/c1-11(7-4-2-3-5-8(7)12)15-9(13)6-10(14)16-11/h2-5H,6H2,1H3. The topological polar surface area (TPSA) is 52.6 Å². The average molecular weight is 285 g/mol. The quantitative estimate of drug-likeness (QED) is 0.586. The Bertz CT molecular complexity index is 439. The van der Waals surface area contributed by atoms with Crippen molar-refractivity contribution in [2.45, 2.75) is 19.1 Å². The molecule has 0 aromatic heterocycles. The van der Waals surface area contributed by atoms with Crippen LogP contribution in [0.25, 0.3) is 0 Å². The molecule has 1 aromatic carbocycles. The van der Waals surface area contributed by atoms with Crippen LogP contribution in [0, 0.1) is 0 Å². The van der Waals surface area contributed by atoms with E-state index < -0.39 is 17.7 Å². The zero-order valence-corrected chi connectivity index (χ0v) is 10.1. The van der Waals surface area contributed by atoms with Gasteiger partial charge in [0.25, 0.3) is 5.79 Å². The molecule has 0 amide bonds. The number of carbonyl (C=O) groups is 2. The van der Waals surface area contributed by atoms with Crippen LogP contribution in [0.4, 0.5) is 0 Å². The highest BCUT2D eigenvalue weighted by Crippen LogP contribution is 2.35. The first-order valence-corrected chi connectivity index (χ1v) is 5.49. The summed E-state index contributed by atoms with van der Waals surface area (Å²) in [6, 6.07) is 7.12. The van der Waals surface area contributed by atoms with Crippen LogP contribution in [0.1, 0.15) is 18.9 Å². The zero-order valence-electron chi connectivity index (χ0n) is 8.53. The fourth-order valence-corrected chi connectivity index (χ4v) is 2.23. The van der Waals surface area contributed by atoms with Crippen LogP contribution >= 0.6 is 15.9 Å². The number of ether oxygens (including phenoxy) is 2. The van der Waals surface area contributed by atoms with E-state index in [0.717, 1.165) is 4.47 Å². The first-order chi connectivity index (χ1) is 7.51. The average Bonchev–Trinajstić information content (AvgIpc) is 2.15. The second kappa shape index (κ2) is 3.90. The van der Waals surface area contributed by atoms with Gasteiger partial charge in [-0.25, -0.2) is 0 Å². The normalized spacial score (nSPS) is 18.9. The Morgan fingerprint density at radius 2 is 1.75 bits per heavy atom. The SMILES string of the molecule is CC1(c2ccccc2Br)OC(=O)CC(=O)O1. The summed E-state index contributed by atoms with van der Waals surface area (Å²) in [6.45, 7) is 1.54. The van der Waals surface area contributed by atoms with E-state index in [-0.39, 0.29) is 6.42 Å². The molecule has 1 aromatic rings. The summed E-state index contributed by atoms with van der Waals surface area (Å²) >= 11 is 3.32. The summed E-state index contributed by atoms with van der Waals surface area (Å²) in [5.74, 6) is -2.49. The molecule has 0 N–H and O–H groups in total. The predicted molar refractivity (Wildman–Crippen MR) is 58.3 cm³/mol.